The smallest absolute Gasteiger partial charge is 0.251 e. The quantitative estimate of drug-likeness (QED) is 0.635. The number of amides is 1. The number of carbonyl (C=O) groups excluding carboxylic acids is 1. The molecule has 0 saturated heterocycles. The number of nitrogens with one attached hydrogen (secondary N) is 1. The van der Waals surface area contributed by atoms with Crippen molar-refractivity contribution in [3.8, 4) is 0 Å². The molecule has 1 heterocycles. The lowest BCUT2D eigenvalue weighted by atomic mass is 9.99. The van der Waals surface area contributed by atoms with Gasteiger partial charge in [0, 0.05) is 12.1 Å². The van der Waals surface area contributed by atoms with Gasteiger partial charge in [0.1, 0.15) is 0 Å². The van der Waals surface area contributed by atoms with Gasteiger partial charge < -0.3 is 5.32 Å². The van der Waals surface area contributed by atoms with Gasteiger partial charge in [-0.3, -0.25) is 4.79 Å². The summed E-state index contributed by atoms with van der Waals surface area (Å²) < 4.78 is 0. The summed E-state index contributed by atoms with van der Waals surface area (Å²) in [7, 11) is 0. The summed E-state index contributed by atoms with van der Waals surface area (Å²) >= 11 is 0. The highest BCUT2D eigenvalue weighted by Gasteiger charge is 2.15. The fraction of sp³-hybridized carbons (Fsp3) is 0.444. The third kappa shape index (κ3) is 1.50. The molecule has 2 heteroatoms. The first-order chi connectivity index (χ1) is 5.29. The van der Waals surface area contributed by atoms with E-state index in [1.807, 2.05) is 0 Å². The number of rotatable bonds is 2. The molecule has 0 saturated carbocycles. The van der Waals surface area contributed by atoms with Gasteiger partial charge in [-0.2, -0.15) is 0 Å². The average Bonchev–Trinajstić information content (AvgIpc) is 2.04. The predicted octanol–water partition coefficient (Wildman–Crippen LogP) is 1.40. The van der Waals surface area contributed by atoms with E-state index >= 15 is 0 Å². The summed E-state index contributed by atoms with van der Waals surface area (Å²) in [6.07, 6.45) is 3.58. The van der Waals surface area contributed by atoms with Crippen molar-refractivity contribution in [3.63, 3.8) is 0 Å². The Labute approximate surface area is 67.0 Å². The lowest BCUT2D eigenvalue weighted by Gasteiger charge is -2.16. The van der Waals surface area contributed by atoms with Crippen LogP contribution in [0.3, 0.4) is 0 Å². The number of hydrogen-bond acceptors (Lipinski definition) is 1. The van der Waals surface area contributed by atoms with Gasteiger partial charge >= 0.3 is 0 Å². The van der Waals surface area contributed by atoms with Gasteiger partial charge in [-0.25, -0.2) is 0 Å². The van der Waals surface area contributed by atoms with Crippen molar-refractivity contribution in [2.75, 3.05) is 6.54 Å². The van der Waals surface area contributed by atoms with Gasteiger partial charge in [0.2, 0.25) is 0 Å². The molecule has 0 spiro atoms. The fourth-order valence-electron chi connectivity index (χ4n) is 1.32. The topological polar surface area (TPSA) is 29.1 Å². The zero-order chi connectivity index (χ0) is 8.27. The predicted molar refractivity (Wildman–Crippen MR) is 45.1 cm³/mol. The van der Waals surface area contributed by atoms with Crippen molar-refractivity contribution in [1.82, 2.24) is 5.32 Å². The van der Waals surface area contributed by atoms with E-state index in [9.17, 15) is 4.79 Å². The summed E-state index contributed by atoms with van der Waals surface area (Å²) in [4.78, 5) is 11.2. The van der Waals surface area contributed by atoms with Crippen molar-refractivity contribution in [2.45, 2.75) is 19.8 Å². The summed E-state index contributed by atoms with van der Waals surface area (Å²) in [5.74, 6) is 0.0306. The number of carbonyl (C=O) groups is 1. The van der Waals surface area contributed by atoms with Crippen molar-refractivity contribution in [2.24, 2.45) is 0 Å². The molecule has 0 unspecified atom stereocenters. The van der Waals surface area contributed by atoms with Crippen LogP contribution in [0, 0.1) is 0 Å². The summed E-state index contributed by atoms with van der Waals surface area (Å²) in [5, 5.41) is 2.78. The summed E-state index contributed by atoms with van der Waals surface area (Å²) in [6, 6.07) is 0. The number of hydrogen-bond donors (Lipinski definition) is 1. The molecule has 2 nitrogen and oxygen atoms in total. The van der Waals surface area contributed by atoms with E-state index in [2.05, 4.69) is 18.8 Å². The summed E-state index contributed by atoms with van der Waals surface area (Å²) in [5.41, 5.74) is 2.00. The Bertz CT molecular complexity index is 216. The van der Waals surface area contributed by atoms with Gasteiger partial charge in [0.25, 0.3) is 5.91 Å². The Kier molecular flexibility index (Phi) is 2.47. The van der Waals surface area contributed by atoms with Crippen LogP contribution in [-0.2, 0) is 4.79 Å². The first-order valence-corrected chi connectivity index (χ1v) is 3.92. The minimum absolute atomic E-state index is 0.0306. The van der Waals surface area contributed by atoms with Gasteiger partial charge in [-0.1, -0.05) is 25.2 Å². The molecule has 0 bridgehead atoms. The maximum Gasteiger partial charge on any atom is 0.251 e. The summed E-state index contributed by atoms with van der Waals surface area (Å²) in [6.45, 7) is 6.46. The molecule has 0 radical (unpaired) electrons. The Morgan fingerprint density at radius 3 is 2.91 bits per heavy atom. The van der Waals surface area contributed by atoms with E-state index in [-0.39, 0.29) is 5.91 Å². The molecule has 0 aromatic rings. The van der Waals surface area contributed by atoms with Crippen LogP contribution in [-0.4, -0.2) is 12.5 Å². The molecule has 0 aromatic heterocycles. The van der Waals surface area contributed by atoms with Crippen molar-refractivity contribution < 1.29 is 4.79 Å². The lowest BCUT2D eigenvalue weighted by Crippen LogP contribution is -2.30. The van der Waals surface area contributed by atoms with Crippen LogP contribution in [0.25, 0.3) is 0 Å². The van der Waals surface area contributed by atoms with Gasteiger partial charge in [0.15, 0.2) is 0 Å². The largest absolute Gasteiger partial charge is 0.352 e. The van der Waals surface area contributed by atoms with E-state index < -0.39 is 0 Å². The second kappa shape index (κ2) is 3.37. The van der Waals surface area contributed by atoms with E-state index in [1.165, 1.54) is 5.57 Å². The van der Waals surface area contributed by atoms with Gasteiger partial charge in [-0.15, -0.1) is 0 Å². The van der Waals surface area contributed by atoms with Crippen LogP contribution in [0.5, 0.6) is 0 Å². The molecule has 1 aliphatic rings. The highest BCUT2D eigenvalue weighted by Crippen LogP contribution is 2.16. The maximum absolute atomic E-state index is 11.2. The molecular formula is C9H13NO. The zero-order valence-electron chi connectivity index (χ0n) is 6.81. The monoisotopic (exact) mass is 151 g/mol. The average molecular weight is 151 g/mol. The Hall–Kier alpha value is -1.05. The van der Waals surface area contributed by atoms with Crippen LogP contribution in [0.15, 0.2) is 23.8 Å². The molecule has 0 aromatic carbocycles. The second-order valence-corrected chi connectivity index (χ2v) is 2.58. The van der Waals surface area contributed by atoms with Crippen LogP contribution >= 0.6 is 0 Å². The SMILES string of the molecule is C=CC1=C(CC)CCNC1=O. The van der Waals surface area contributed by atoms with Crippen LogP contribution < -0.4 is 5.32 Å². The molecule has 1 N–H and O–H groups in total. The molecule has 0 aliphatic carbocycles. The Morgan fingerprint density at radius 1 is 1.73 bits per heavy atom. The normalized spacial score (nSPS) is 18.1. The molecule has 1 aliphatic heterocycles. The minimum atomic E-state index is 0.0306. The third-order valence-electron chi connectivity index (χ3n) is 1.97. The van der Waals surface area contributed by atoms with E-state index in [0.29, 0.717) is 0 Å². The van der Waals surface area contributed by atoms with E-state index in [0.717, 1.165) is 25.0 Å². The Balaban J connectivity index is 2.94. The van der Waals surface area contributed by atoms with Crippen molar-refractivity contribution >= 4 is 5.91 Å². The molecule has 60 valence electrons. The lowest BCUT2D eigenvalue weighted by molar-refractivity contribution is -0.117. The van der Waals surface area contributed by atoms with Gasteiger partial charge in [-0.05, 0) is 12.8 Å². The standard InChI is InChI=1S/C9H13NO/c1-3-7-5-6-10-9(11)8(7)4-2/h4H,2-3,5-6H2,1H3,(H,10,11). The van der Waals surface area contributed by atoms with Crippen molar-refractivity contribution in [3.05, 3.63) is 23.8 Å². The van der Waals surface area contributed by atoms with Gasteiger partial charge in [0.05, 0.1) is 0 Å². The highest BCUT2D eigenvalue weighted by atomic mass is 16.1. The molecule has 11 heavy (non-hydrogen) atoms. The zero-order valence-corrected chi connectivity index (χ0v) is 6.81. The molecule has 0 atom stereocenters. The van der Waals surface area contributed by atoms with E-state index in [4.69, 9.17) is 0 Å². The molecule has 1 amide bonds. The van der Waals surface area contributed by atoms with Crippen LogP contribution in [0.1, 0.15) is 19.8 Å². The molecular weight excluding hydrogens is 138 g/mol. The highest BCUT2D eigenvalue weighted by molar-refractivity contribution is 5.97. The second-order valence-electron chi connectivity index (χ2n) is 2.58. The third-order valence-corrected chi connectivity index (χ3v) is 1.97. The van der Waals surface area contributed by atoms with E-state index in [1.54, 1.807) is 6.08 Å². The first kappa shape index (κ1) is 8.05. The molecule has 1 rings (SSSR count). The molecule has 0 fully saturated rings. The van der Waals surface area contributed by atoms with Crippen LogP contribution in [0.4, 0.5) is 0 Å². The van der Waals surface area contributed by atoms with Crippen LogP contribution in [0.2, 0.25) is 0 Å². The minimum Gasteiger partial charge on any atom is -0.352 e. The first-order valence-electron chi connectivity index (χ1n) is 3.92. The Morgan fingerprint density at radius 2 is 2.45 bits per heavy atom. The maximum atomic E-state index is 11.2. The fourth-order valence-corrected chi connectivity index (χ4v) is 1.32. The van der Waals surface area contributed by atoms with Crippen molar-refractivity contribution in [1.29, 1.82) is 0 Å².